The van der Waals surface area contributed by atoms with Crippen molar-refractivity contribution < 1.29 is 9.53 Å². The van der Waals surface area contributed by atoms with Gasteiger partial charge >= 0.3 is 5.97 Å². The number of ether oxygens (including phenoxy) is 1. The van der Waals surface area contributed by atoms with Gasteiger partial charge in [0.1, 0.15) is 4.83 Å². The molecule has 94 valence electrons. The third kappa shape index (κ3) is 4.72. The Morgan fingerprint density at radius 2 is 1.94 bits per heavy atom. The third-order valence-electron chi connectivity index (χ3n) is 2.40. The van der Waals surface area contributed by atoms with E-state index in [-0.39, 0.29) is 10.8 Å². The fraction of sp³-hybridized carbons (Fsp3) is 0.462. The fourth-order valence-corrected chi connectivity index (χ4v) is 2.70. The molecule has 4 heteroatoms. The number of halogens is 1. The van der Waals surface area contributed by atoms with Crippen molar-refractivity contribution in [1.29, 1.82) is 0 Å². The summed E-state index contributed by atoms with van der Waals surface area (Å²) in [5, 5.41) is 0. The molecule has 0 aliphatic carbocycles. The van der Waals surface area contributed by atoms with Gasteiger partial charge < -0.3 is 4.74 Å². The lowest BCUT2D eigenvalue weighted by molar-refractivity contribution is -0.139. The van der Waals surface area contributed by atoms with E-state index in [0.29, 0.717) is 11.7 Å². The molecule has 0 fully saturated rings. The molecule has 0 saturated carbocycles. The molecule has 1 rings (SSSR count). The lowest BCUT2D eigenvalue weighted by Gasteiger charge is -2.09. The lowest BCUT2D eigenvalue weighted by Crippen LogP contribution is -2.17. The van der Waals surface area contributed by atoms with Crippen molar-refractivity contribution in [2.75, 3.05) is 12.9 Å². The molecule has 0 radical (unpaired) electrons. The molecule has 0 spiro atoms. The summed E-state index contributed by atoms with van der Waals surface area (Å²) in [7, 11) is 1.40. The van der Waals surface area contributed by atoms with Crippen LogP contribution in [0, 0.1) is 0 Å². The number of hydrogen-bond donors (Lipinski definition) is 0. The maximum atomic E-state index is 11.2. The van der Waals surface area contributed by atoms with E-state index in [4.69, 9.17) is 0 Å². The van der Waals surface area contributed by atoms with Gasteiger partial charge in [-0.15, -0.1) is 11.8 Å². The first-order valence-corrected chi connectivity index (χ1v) is 7.39. The van der Waals surface area contributed by atoms with Crippen LogP contribution in [0.2, 0.25) is 0 Å². The number of thioether (sulfide) groups is 1. The van der Waals surface area contributed by atoms with E-state index in [1.165, 1.54) is 17.6 Å². The molecule has 0 heterocycles. The van der Waals surface area contributed by atoms with Crippen molar-refractivity contribution >= 4 is 33.7 Å². The molecule has 1 aromatic rings. The predicted octanol–water partition coefficient (Wildman–Crippen LogP) is 3.84. The Morgan fingerprint density at radius 3 is 2.41 bits per heavy atom. The van der Waals surface area contributed by atoms with Crippen LogP contribution in [-0.4, -0.2) is 23.7 Å². The van der Waals surface area contributed by atoms with E-state index >= 15 is 0 Å². The highest BCUT2D eigenvalue weighted by atomic mass is 79.9. The summed E-state index contributed by atoms with van der Waals surface area (Å²) < 4.78 is 4.65. The number of esters is 1. The normalized spacial score (nSPS) is 12.5. The lowest BCUT2D eigenvalue weighted by atomic mass is 10.0. The summed E-state index contributed by atoms with van der Waals surface area (Å²) >= 11 is 4.95. The topological polar surface area (TPSA) is 26.3 Å². The SMILES string of the molecule is COC(=O)C(Br)CSc1ccc(C(C)C)cc1. The summed E-state index contributed by atoms with van der Waals surface area (Å²) in [6, 6.07) is 8.46. The van der Waals surface area contributed by atoms with Gasteiger partial charge in [0.25, 0.3) is 0 Å². The minimum Gasteiger partial charge on any atom is -0.468 e. The number of hydrogen-bond acceptors (Lipinski definition) is 3. The predicted molar refractivity (Wildman–Crippen MR) is 76.0 cm³/mol. The second-order valence-corrected chi connectivity index (χ2v) is 6.22. The van der Waals surface area contributed by atoms with Gasteiger partial charge in [0.15, 0.2) is 0 Å². The average molecular weight is 317 g/mol. The van der Waals surface area contributed by atoms with E-state index in [1.54, 1.807) is 11.8 Å². The molecule has 0 saturated heterocycles. The fourth-order valence-electron chi connectivity index (χ4n) is 1.31. The van der Waals surface area contributed by atoms with Crippen LogP contribution in [0.3, 0.4) is 0 Å². The standard InChI is InChI=1S/C13H17BrO2S/c1-9(2)10-4-6-11(7-5-10)17-8-12(14)13(15)16-3/h4-7,9,12H,8H2,1-3H3. The van der Waals surface area contributed by atoms with Gasteiger partial charge in [-0.3, -0.25) is 4.79 Å². The highest BCUT2D eigenvalue weighted by Gasteiger charge is 2.15. The Morgan fingerprint density at radius 1 is 1.35 bits per heavy atom. The van der Waals surface area contributed by atoms with Crippen molar-refractivity contribution in [3.05, 3.63) is 29.8 Å². The van der Waals surface area contributed by atoms with Gasteiger partial charge in [0.05, 0.1) is 7.11 Å². The van der Waals surface area contributed by atoms with Crippen LogP contribution >= 0.6 is 27.7 Å². The van der Waals surface area contributed by atoms with E-state index in [9.17, 15) is 4.79 Å². The second kappa shape index (κ2) is 7.07. The largest absolute Gasteiger partial charge is 0.468 e. The Balaban J connectivity index is 2.50. The van der Waals surface area contributed by atoms with Crippen molar-refractivity contribution in [2.24, 2.45) is 0 Å². The number of carbonyl (C=O) groups is 1. The first-order chi connectivity index (χ1) is 8.04. The highest BCUT2D eigenvalue weighted by molar-refractivity contribution is 9.10. The van der Waals surface area contributed by atoms with Crippen molar-refractivity contribution in [3.8, 4) is 0 Å². The summed E-state index contributed by atoms with van der Waals surface area (Å²) in [6.45, 7) is 4.35. The van der Waals surface area contributed by atoms with Crippen LogP contribution in [0.5, 0.6) is 0 Å². The van der Waals surface area contributed by atoms with E-state index < -0.39 is 0 Å². The van der Waals surface area contributed by atoms with Gasteiger partial charge in [0, 0.05) is 10.6 Å². The molecule has 0 N–H and O–H groups in total. The van der Waals surface area contributed by atoms with Gasteiger partial charge in [-0.25, -0.2) is 0 Å². The van der Waals surface area contributed by atoms with Crippen LogP contribution in [0.1, 0.15) is 25.3 Å². The van der Waals surface area contributed by atoms with Crippen molar-refractivity contribution in [2.45, 2.75) is 29.5 Å². The molecular weight excluding hydrogens is 300 g/mol. The third-order valence-corrected chi connectivity index (χ3v) is 4.63. The minimum atomic E-state index is -0.248. The minimum absolute atomic E-state index is 0.226. The van der Waals surface area contributed by atoms with Crippen LogP contribution in [0.4, 0.5) is 0 Å². The zero-order chi connectivity index (χ0) is 12.8. The maximum Gasteiger partial charge on any atom is 0.320 e. The molecule has 17 heavy (non-hydrogen) atoms. The maximum absolute atomic E-state index is 11.2. The Labute approximate surface area is 115 Å². The number of alkyl halides is 1. The molecule has 1 aromatic carbocycles. The molecule has 2 nitrogen and oxygen atoms in total. The summed E-state index contributed by atoms with van der Waals surface area (Å²) in [5.74, 6) is 0.998. The first-order valence-electron chi connectivity index (χ1n) is 5.49. The number of rotatable bonds is 5. The molecule has 1 unspecified atom stereocenters. The summed E-state index contributed by atoms with van der Waals surface area (Å²) in [5.41, 5.74) is 1.33. The molecule has 0 aliphatic rings. The zero-order valence-corrected chi connectivity index (χ0v) is 12.7. The smallest absolute Gasteiger partial charge is 0.320 e. The Kier molecular flexibility index (Phi) is 6.06. The number of carbonyl (C=O) groups excluding carboxylic acids is 1. The quantitative estimate of drug-likeness (QED) is 0.469. The first kappa shape index (κ1) is 14.6. The van der Waals surface area contributed by atoms with Crippen LogP contribution in [0.25, 0.3) is 0 Å². The van der Waals surface area contributed by atoms with Crippen molar-refractivity contribution in [1.82, 2.24) is 0 Å². The van der Waals surface area contributed by atoms with Gasteiger partial charge in [-0.05, 0) is 23.6 Å². The Hall–Kier alpha value is -0.480. The molecule has 0 aliphatic heterocycles. The monoisotopic (exact) mass is 316 g/mol. The highest BCUT2D eigenvalue weighted by Crippen LogP contribution is 2.24. The number of benzene rings is 1. The summed E-state index contributed by atoms with van der Waals surface area (Å²) in [4.78, 5) is 12.1. The molecular formula is C13H17BrO2S. The number of methoxy groups -OCH3 is 1. The average Bonchev–Trinajstić information content (AvgIpc) is 2.35. The summed E-state index contributed by atoms with van der Waals surface area (Å²) in [6.07, 6.45) is 0. The van der Waals surface area contributed by atoms with E-state index in [0.717, 1.165) is 0 Å². The van der Waals surface area contributed by atoms with Gasteiger partial charge in [-0.2, -0.15) is 0 Å². The van der Waals surface area contributed by atoms with Gasteiger partial charge in [0.2, 0.25) is 0 Å². The van der Waals surface area contributed by atoms with Crippen molar-refractivity contribution in [3.63, 3.8) is 0 Å². The van der Waals surface area contributed by atoms with Crippen LogP contribution in [0.15, 0.2) is 29.2 Å². The van der Waals surface area contributed by atoms with E-state index in [2.05, 4.69) is 58.8 Å². The zero-order valence-electron chi connectivity index (χ0n) is 10.3. The van der Waals surface area contributed by atoms with Crippen LogP contribution < -0.4 is 0 Å². The second-order valence-electron chi connectivity index (χ2n) is 4.03. The molecule has 0 bridgehead atoms. The van der Waals surface area contributed by atoms with Crippen LogP contribution in [-0.2, 0) is 9.53 Å². The Bertz CT molecular complexity index is 362. The molecule has 0 amide bonds. The molecule has 0 aromatic heterocycles. The molecule has 1 atom stereocenters. The van der Waals surface area contributed by atoms with E-state index in [1.807, 2.05) is 0 Å². The van der Waals surface area contributed by atoms with Gasteiger partial charge in [-0.1, -0.05) is 41.9 Å².